The Bertz CT molecular complexity index is 1150. The van der Waals surface area contributed by atoms with Gasteiger partial charge in [-0.15, -0.1) is 0 Å². The highest BCUT2D eigenvalue weighted by Crippen LogP contribution is 2.29. The van der Waals surface area contributed by atoms with Crippen molar-refractivity contribution in [2.75, 3.05) is 0 Å². The summed E-state index contributed by atoms with van der Waals surface area (Å²) in [7, 11) is 0. The van der Waals surface area contributed by atoms with E-state index in [-0.39, 0.29) is 17.2 Å². The largest absolute Gasteiger partial charge is 0.478 e. The van der Waals surface area contributed by atoms with E-state index in [0.717, 1.165) is 37.8 Å². The Morgan fingerprint density at radius 3 is 2.47 bits per heavy atom. The van der Waals surface area contributed by atoms with Gasteiger partial charge >= 0.3 is 12.0 Å². The number of carboxylic acids is 1. The molecule has 4 rings (SSSR count). The van der Waals surface area contributed by atoms with Crippen molar-refractivity contribution in [1.29, 1.82) is 0 Å². The predicted molar refractivity (Wildman–Crippen MR) is 117 cm³/mol. The molecule has 0 spiro atoms. The van der Waals surface area contributed by atoms with E-state index >= 15 is 0 Å². The van der Waals surface area contributed by atoms with E-state index in [4.69, 9.17) is 0 Å². The Morgan fingerprint density at radius 1 is 1.09 bits per heavy atom. The molecule has 1 aliphatic carbocycles. The SMILES string of the molecule is Cc1cc(C=C2C(=O)NC(=O)N(C3CCCCC3)C2=O)c(C)n1-c1ccccc1C(=O)O. The molecule has 1 saturated heterocycles. The Balaban J connectivity index is 1.75. The highest BCUT2D eigenvalue weighted by atomic mass is 16.4. The van der Waals surface area contributed by atoms with Crippen LogP contribution in [0.2, 0.25) is 0 Å². The van der Waals surface area contributed by atoms with Crippen molar-refractivity contribution in [2.45, 2.75) is 52.0 Å². The van der Waals surface area contributed by atoms with E-state index < -0.39 is 23.8 Å². The van der Waals surface area contributed by atoms with Crippen LogP contribution in [-0.2, 0) is 9.59 Å². The number of carboxylic acid groups (broad SMARTS) is 1. The van der Waals surface area contributed by atoms with Crippen LogP contribution in [0.15, 0.2) is 35.9 Å². The van der Waals surface area contributed by atoms with Gasteiger partial charge in [0, 0.05) is 17.4 Å². The summed E-state index contributed by atoms with van der Waals surface area (Å²) in [5.74, 6) is -2.35. The molecule has 2 aromatic rings. The number of aromatic nitrogens is 1. The van der Waals surface area contributed by atoms with Gasteiger partial charge in [0.1, 0.15) is 5.57 Å². The first-order chi connectivity index (χ1) is 15.3. The van der Waals surface area contributed by atoms with Gasteiger partial charge in [-0.3, -0.25) is 19.8 Å². The van der Waals surface area contributed by atoms with Crippen LogP contribution in [-0.4, -0.2) is 44.4 Å². The number of aryl methyl sites for hydroxylation is 1. The molecule has 0 bridgehead atoms. The van der Waals surface area contributed by atoms with Crippen LogP contribution >= 0.6 is 0 Å². The molecule has 4 amide bonds. The molecule has 1 aliphatic heterocycles. The third-order valence-corrected chi connectivity index (χ3v) is 6.22. The van der Waals surface area contributed by atoms with Crippen LogP contribution in [0.25, 0.3) is 11.8 Å². The van der Waals surface area contributed by atoms with E-state index in [9.17, 15) is 24.3 Å². The second-order valence-electron chi connectivity index (χ2n) is 8.27. The van der Waals surface area contributed by atoms with Crippen LogP contribution < -0.4 is 5.32 Å². The molecular weight excluding hydrogens is 410 g/mol. The van der Waals surface area contributed by atoms with Crippen LogP contribution in [0.5, 0.6) is 0 Å². The number of rotatable bonds is 4. The Kier molecular flexibility index (Phi) is 5.69. The Labute approximate surface area is 185 Å². The first-order valence-corrected chi connectivity index (χ1v) is 10.7. The molecule has 8 nitrogen and oxygen atoms in total. The summed E-state index contributed by atoms with van der Waals surface area (Å²) in [6.45, 7) is 3.63. The molecule has 2 aliphatic rings. The maximum atomic E-state index is 13.2. The molecule has 0 radical (unpaired) electrons. The summed E-state index contributed by atoms with van der Waals surface area (Å²) in [4.78, 5) is 51.0. The fourth-order valence-electron chi connectivity index (χ4n) is 4.65. The van der Waals surface area contributed by atoms with E-state index in [1.54, 1.807) is 35.8 Å². The van der Waals surface area contributed by atoms with Crippen molar-refractivity contribution in [1.82, 2.24) is 14.8 Å². The minimum Gasteiger partial charge on any atom is -0.478 e. The second kappa shape index (κ2) is 8.45. The first kappa shape index (κ1) is 21.5. The molecule has 0 unspecified atom stereocenters. The minimum absolute atomic E-state index is 0.0954. The van der Waals surface area contributed by atoms with Crippen LogP contribution in [0.3, 0.4) is 0 Å². The summed E-state index contributed by atoms with van der Waals surface area (Å²) < 4.78 is 1.78. The number of amides is 4. The molecule has 166 valence electrons. The summed E-state index contributed by atoms with van der Waals surface area (Å²) in [5.41, 5.74) is 2.60. The quantitative estimate of drug-likeness (QED) is 0.564. The topological polar surface area (TPSA) is 109 Å². The molecule has 1 saturated carbocycles. The van der Waals surface area contributed by atoms with Crippen LogP contribution in [0.4, 0.5) is 4.79 Å². The monoisotopic (exact) mass is 435 g/mol. The maximum absolute atomic E-state index is 13.2. The Hall–Kier alpha value is -3.68. The zero-order valence-corrected chi connectivity index (χ0v) is 18.1. The summed E-state index contributed by atoms with van der Waals surface area (Å²) in [6.07, 6.45) is 5.92. The number of carbonyl (C=O) groups excluding carboxylic acids is 3. The second-order valence-corrected chi connectivity index (χ2v) is 8.27. The van der Waals surface area contributed by atoms with E-state index in [0.29, 0.717) is 16.9 Å². The van der Waals surface area contributed by atoms with Gasteiger partial charge in [-0.2, -0.15) is 0 Å². The van der Waals surface area contributed by atoms with Gasteiger partial charge in [0.15, 0.2) is 0 Å². The van der Waals surface area contributed by atoms with Crippen molar-refractivity contribution < 1.29 is 24.3 Å². The fraction of sp³-hybridized carbons (Fsp3) is 0.333. The third kappa shape index (κ3) is 3.72. The van der Waals surface area contributed by atoms with Crippen molar-refractivity contribution in [3.05, 3.63) is 58.4 Å². The number of urea groups is 1. The Morgan fingerprint density at radius 2 is 1.78 bits per heavy atom. The van der Waals surface area contributed by atoms with Crippen molar-refractivity contribution >= 4 is 29.9 Å². The number of nitrogens with one attached hydrogen (secondary N) is 1. The number of carbonyl (C=O) groups is 4. The number of nitrogens with zero attached hydrogens (tertiary/aromatic N) is 2. The highest BCUT2D eigenvalue weighted by molar-refractivity contribution is 6.31. The lowest BCUT2D eigenvalue weighted by Gasteiger charge is -2.35. The highest BCUT2D eigenvalue weighted by Gasteiger charge is 2.40. The zero-order chi connectivity index (χ0) is 23.0. The number of hydrogen-bond acceptors (Lipinski definition) is 4. The average Bonchev–Trinajstić information content (AvgIpc) is 3.04. The first-order valence-electron chi connectivity index (χ1n) is 10.7. The lowest BCUT2D eigenvalue weighted by molar-refractivity contribution is -0.132. The molecule has 32 heavy (non-hydrogen) atoms. The number of para-hydroxylation sites is 1. The molecule has 1 aromatic heterocycles. The summed E-state index contributed by atoms with van der Waals surface area (Å²) in [6, 6.07) is 7.58. The zero-order valence-electron chi connectivity index (χ0n) is 18.1. The molecule has 2 heterocycles. The van der Waals surface area contributed by atoms with Crippen molar-refractivity contribution in [2.24, 2.45) is 0 Å². The summed E-state index contributed by atoms with van der Waals surface area (Å²) >= 11 is 0. The summed E-state index contributed by atoms with van der Waals surface area (Å²) in [5, 5.41) is 11.9. The third-order valence-electron chi connectivity index (χ3n) is 6.22. The average molecular weight is 435 g/mol. The lowest BCUT2D eigenvalue weighted by Crippen LogP contribution is -2.58. The fourth-order valence-corrected chi connectivity index (χ4v) is 4.65. The van der Waals surface area contributed by atoms with Gasteiger partial charge in [-0.05, 0) is 56.5 Å². The van der Waals surface area contributed by atoms with Gasteiger partial charge in [0.05, 0.1) is 11.3 Å². The van der Waals surface area contributed by atoms with E-state index in [2.05, 4.69) is 5.32 Å². The molecular formula is C24H25N3O5. The number of hydrogen-bond donors (Lipinski definition) is 2. The van der Waals surface area contributed by atoms with Crippen LogP contribution in [0.1, 0.15) is 59.4 Å². The number of benzene rings is 1. The van der Waals surface area contributed by atoms with Gasteiger partial charge in [0.25, 0.3) is 11.8 Å². The molecule has 0 atom stereocenters. The van der Waals surface area contributed by atoms with Crippen molar-refractivity contribution in [3.63, 3.8) is 0 Å². The molecule has 2 N–H and O–H groups in total. The smallest absolute Gasteiger partial charge is 0.337 e. The van der Waals surface area contributed by atoms with Crippen LogP contribution in [0, 0.1) is 13.8 Å². The minimum atomic E-state index is -1.04. The number of barbiturate groups is 1. The van der Waals surface area contributed by atoms with Gasteiger partial charge in [-0.1, -0.05) is 31.4 Å². The van der Waals surface area contributed by atoms with Gasteiger partial charge < -0.3 is 9.67 Å². The molecule has 8 heteroatoms. The lowest BCUT2D eigenvalue weighted by atomic mass is 9.93. The number of aromatic carboxylic acids is 1. The molecule has 2 fully saturated rings. The normalized spacial score (nSPS) is 18.9. The predicted octanol–water partition coefficient (Wildman–Crippen LogP) is 3.59. The van der Waals surface area contributed by atoms with E-state index in [1.807, 2.05) is 6.92 Å². The number of imide groups is 2. The van der Waals surface area contributed by atoms with Gasteiger partial charge in [0.2, 0.25) is 0 Å². The van der Waals surface area contributed by atoms with Gasteiger partial charge in [-0.25, -0.2) is 9.59 Å². The standard InChI is InChI=1S/C24H25N3O5/c1-14-12-16(15(2)26(14)20-11-7-6-10-18(20)23(30)31)13-19-21(28)25-24(32)27(22(19)29)17-8-4-3-5-9-17/h6-7,10-13,17H,3-5,8-9H2,1-2H3,(H,30,31)(H,25,28,32). The van der Waals surface area contributed by atoms with E-state index in [1.165, 1.54) is 17.0 Å². The van der Waals surface area contributed by atoms with Crippen molar-refractivity contribution in [3.8, 4) is 5.69 Å². The molecule has 1 aromatic carbocycles. The maximum Gasteiger partial charge on any atom is 0.337 e.